The van der Waals surface area contributed by atoms with Crippen LogP contribution >= 0.6 is 15.9 Å². The summed E-state index contributed by atoms with van der Waals surface area (Å²) in [5.41, 5.74) is 3.87. The smallest absolute Gasteiger partial charge is 0.338 e. The molecule has 1 N–H and O–H groups in total. The number of esters is 1. The van der Waals surface area contributed by atoms with E-state index in [4.69, 9.17) is 38.8 Å². The molecule has 4 aromatic heterocycles. The molecule has 0 spiro atoms. The van der Waals surface area contributed by atoms with Crippen molar-refractivity contribution in [2.24, 2.45) is 7.05 Å². The van der Waals surface area contributed by atoms with Gasteiger partial charge in [-0.05, 0) is 59.8 Å². The second-order valence-corrected chi connectivity index (χ2v) is 20.0. The number of aromatic nitrogens is 6. The van der Waals surface area contributed by atoms with Gasteiger partial charge in [0, 0.05) is 65.4 Å². The molecule has 0 unspecified atom stereocenters. The second-order valence-electron chi connectivity index (χ2n) is 13.5. The van der Waals surface area contributed by atoms with Crippen molar-refractivity contribution < 1.29 is 28.5 Å². The molecule has 15 heteroatoms. The zero-order valence-electron chi connectivity index (χ0n) is 29.3. The molecule has 4 aromatic rings. The number of hydrogen-bond acceptors (Lipinski definition) is 11. The van der Waals surface area contributed by atoms with Crippen LogP contribution in [0.15, 0.2) is 41.3 Å². The minimum atomic E-state index is -1.23. The molecule has 0 amide bonds. The molecular formula is C34H48BrN7O6Si. The third-order valence-electron chi connectivity index (χ3n) is 8.74. The molecule has 1 aliphatic rings. The van der Waals surface area contributed by atoms with Gasteiger partial charge in [0.1, 0.15) is 24.8 Å². The number of nitrogens with one attached hydrogen (secondary N) is 1. The largest absolute Gasteiger partial charge is 0.461 e. The first-order valence-electron chi connectivity index (χ1n) is 16.7. The molecular weight excluding hydrogens is 710 g/mol. The Balaban J connectivity index is 1.44. The number of carbonyl (C=O) groups excluding carboxylic acids is 1. The SMILES string of the molecule is COCCOC(=O)C1(OCCOC)CCC(c2nc3c(-c4ccc(-c5ccn(C)n5)nc4)cnn3c(NCOCC[Si](C)(C)C)c2Br)CC1. The summed E-state index contributed by atoms with van der Waals surface area (Å²) in [6.07, 6.45) is 7.86. The summed E-state index contributed by atoms with van der Waals surface area (Å²) in [5, 5.41) is 12.7. The number of methoxy groups -OCH3 is 2. The standard InChI is InChI=1S/C34H48BrN7O6Si/c1-41-14-11-28(40-41)27-8-7-25(21-36-27)26-22-38-42-31(26)39-30(29(35)32(42)37-23-46-19-20-49(4,5)6)24-9-12-34(13-10-24,48-18-16-45-3)33(43)47-17-15-44-2/h7-8,11,14,21-22,24,37H,9-10,12-13,15-20,23H2,1-6H3. The fourth-order valence-electron chi connectivity index (χ4n) is 5.88. The summed E-state index contributed by atoms with van der Waals surface area (Å²) in [6.45, 7) is 9.21. The average Bonchev–Trinajstić information content (AvgIpc) is 3.71. The van der Waals surface area contributed by atoms with Crippen molar-refractivity contribution in [1.29, 1.82) is 0 Å². The Morgan fingerprint density at radius 1 is 1.02 bits per heavy atom. The van der Waals surface area contributed by atoms with Gasteiger partial charge >= 0.3 is 5.97 Å². The number of carbonyl (C=O) groups is 1. The van der Waals surface area contributed by atoms with Crippen molar-refractivity contribution in [3.8, 4) is 22.5 Å². The van der Waals surface area contributed by atoms with Crippen LogP contribution in [0.1, 0.15) is 37.3 Å². The van der Waals surface area contributed by atoms with Gasteiger partial charge in [0.15, 0.2) is 11.2 Å². The van der Waals surface area contributed by atoms with Crippen LogP contribution in [0.3, 0.4) is 0 Å². The number of anilines is 1. The highest BCUT2D eigenvalue weighted by atomic mass is 79.9. The van der Waals surface area contributed by atoms with Gasteiger partial charge in [-0.1, -0.05) is 25.7 Å². The minimum Gasteiger partial charge on any atom is -0.461 e. The Hall–Kier alpha value is -3.21. The van der Waals surface area contributed by atoms with Crippen LogP contribution in [-0.4, -0.2) is 103 Å². The second kappa shape index (κ2) is 16.7. The van der Waals surface area contributed by atoms with Crippen LogP contribution in [0.2, 0.25) is 25.7 Å². The van der Waals surface area contributed by atoms with Gasteiger partial charge in [-0.25, -0.2) is 9.78 Å². The maximum Gasteiger partial charge on any atom is 0.338 e. The van der Waals surface area contributed by atoms with Crippen LogP contribution in [0.25, 0.3) is 28.2 Å². The Morgan fingerprint density at radius 3 is 2.43 bits per heavy atom. The summed E-state index contributed by atoms with van der Waals surface area (Å²) in [6, 6.07) is 6.99. The van der Waals surface area contributed by atoms with Crippen molar-refractivity contribution in [3.05, 3.63) is 47.0 Å². The zero-order valence-corrected chi connectivity index (χ0v) is 31.9. The normalized spacial score (nSPS) is 18.2. The summed E-state index contributed by atoms with van der Waals surface area (Å²) in [7, 11) is 3.85. The predicted octanol–water partition coefficient (Wildman–Crippen LogP) is 5.93. The molecule has 1 saturated carbocycles. The van der Waals surface area contributed by atoms with Gasteiger partial charge in [0.25, 0.3) is 0 Å². The highest BCUT2D eigenvalue weighted by Gasteiger charge is 2.45. The van der Waals surface area contributed by atoms with Crippen molar-refractivity contribution in [2.75, 3.05) is 59.3 Å². The number of nitrogens with zero attached hydrogens (tertiary/aromatic N) is 6. The number of rotatable bonds is 17. The van der Waals surface area contributed by atoms with E-state index >= 15 is 0 Å². The molecule has 5 rings (SSSR count). The summed E-state index contributed by atoms with van der Waals surface area (Å²) >= 11 is 3.88. The van der Waals surface area contributed by atoms with Crippen molar-refractivity contribution in [1.82, 2.24) is 29.4 Å². The van der Waals surface area contributed by atoms with E-state index < -0.39 is 13.7 Å². The fraction of sp³-hybridized carbons (Fsp3) is 0.559. The lowest BCUT2D eigenvalue weighted by Gasteiger charge is -2.38. The van der Waals surface area contributed by atoms with E-state index in [1.807, 2.05) is 48.4 Å². The van der Waals surface area contributed by atoms with E-state index in [0.717, 1.165) is 44.5 Å². The van der Waals surface area contributed by atoms with E-state index in [9.17, 15) is 4.79 Å². The van der Waals surface area contributed by atoms with Crippen molar-refractivity contribution in [2.45, 2.75) is 62.9 Å². The number of aryl methyl sites for hydroxylation is 1. The third kappa shape index (κ3) is 9.13. The van der Waals surface area contributed by atoms with Gasteiger partial charge in [0.05, 0.1) is 41.9 Å². The maximum absolute atomic E-state index is 13.3. The van der Waals surface area contributed by atoms with E-state index in [0.29, 0.717) is 64.5 Å². The molecule has 4 heterocycles. The molecule has 266 valence electrons. The third-order valence-corrected chi connectivity index (χ3v) is 11.2. The molecule has 0 saturated heterocycles. The van der Waals surface area contributed by atoms with E-state index in [-0.39, 0.29) is 18.5 Å². The lowest BCUT2D eigenvalue weighted by Crippen LogP contribution is -2.46. The van der Waals surface area contributed by atoms with Crippen molar-refractivity contribution >= 4 is 41.4 Å². The van der Waals surface area contributed by atoms with Gasteiger partial charge in [-0.2, -0.15) is 14.7 Å². The lowest BCUT2D eigenvalue weighted by molar-refractivity contribution is -0.180. The average molecular weight is 759 g/mol. The first-order chi connectivity index (χ1) is 23.5. The molecule has 0 aromatic carbocycles. The Morgan fingerprint density at radius 2 is 1.78 bits per heavy atom. The van der Waals surface area contributed by atoms with E-state index in [1.54, 1.807) is 18.9 Å². The summed E-state index contributed by atoms with van der Waals surface area (Å²) in [5.74, 6) is 0.440. The van der Waals surface area contributed by atoms with Crippen LogP contribution < -0.4 is 5.32 Å². The highest BCUT2D eigenvalue weighted by molar-refractivity contribution is 9.10. The molecule has 49 heavy (non-hydrogen) atoms. The van der Waals surface area contributed by atoms with E-state index in [1.165, 1.54) is 0 Å². The quantitative estimate of drug-likeness (QED) is 0.0595. The van der Waals surface area contributed by atoms with Gasteiger partial charge in [-0.3, -0.25) is 9.67 Å². The first kappa shape index (κ1) is 37.1. The minimum absolute atomic E-state index is 0.0473. The Kier molecular flexibility index (Phi) is 12.6. The van der Waals surface area contributed by atoms with Gasteiger partial charge < -0.3 is 29.0 Å². The molecule has 13 nitrogen and oxygen atoms in total. The first-order valence-corrected chi connectivity index (χ1v) is 21.2. The van der Waals surface area contributed by atoms with E-state index in [2.05, 4.69) is 46.0 Å². The molecule has 0 atom stereocenters. The lowest BCUT2D eigenvalue weighted by atomic mass is 9.77. The Labute approximate surface area is 297 Å². The number of ether oxygens (including phenoxy) is 5. The van der Waals surface area contributed by atoms with Gasteiger partial charge in [0.2, 0.25) is 0 Å². The summed E-state index contributed by atoms with van der Waals surface area (Å²) in [4.78, 5) is 23.3. The van der Waals surface area contributed by atoms with Crippen LogP contribution in [0.4, 0.5) is 5.82 Å². The van der Waals surface area contributed by atoms with Crippen LogP contribution in [0.5, 0.6) is 0 Å². The summed E-state index contributed by atoms with van der Waals surface area (Å²) < 4.78 is 32.5. The van der Waals surface area contributed by atoms with Crippen LogP contribution in [0, 0.1) is 0 Å². The van der Waals surface area contributed by atoms with Crippen molar-refractivity contribution in [3.63, 3.8) is 0 Å². The molecule has 0 radical (unpaired) electrons. The predicted molar refractivity (Wildman–Crippen MR) is 193 cm³/mol. The maximum atomic E-state index is 13.3. The Bertz CT molecular complexity index is 1680. The molecule has 0 bridgehead atoms. The monoisotopic (exact) mass is 757 g/mol. The number of pyridine rings is 1. The van der Waals surface area contributed by atoms with Gasteiger partial charge in [-0.15, -0.1) is 0 Å². The number of fused-ring (bicyclic) bond motifs is 1. The van der Waals surface area contributed by atoms with Crippen LogP contribution in [-0.2, 0) is 35.5 Å². The highest BCUT2D eigenvalue weighted by Crippen LogP contribution is 2.44. The zero-order chi connectivity index (χ0) is 35.0. The molecule has 1 aliphatic carbocycles. The number of halogens is 1. The number of hydrogen-bond donors (Lipinski definition) is 1. The topological polar surface area (TPSA) is 136 Å². The fourth-order valence-corrected chi connectivity index (χ4v) is 7.36. The molecule has 0 aliphatic heterocycles. The molecule has 1 fully saturated rings.